The maximum atomic E-state index is 13.4. The Morgan fingerprint density at radius 2 is 1.15 bits per heavy atom. The Morgan fingerprint density at radius 3 is 1.61 bits per heavy atom. The zero-order valence-corrected chi connectivity index (χ0v) is 53.1. The summed E-state index contributed by atoms with van der Waals surface area (Å²) in [4.78, 5) is 31.2. The van der Waals surface area contributed by atoms with E-state index in [4.69, 9.17) is 33.3 Å². The van der Waals surface area contributed by atoms with Crippen molar-refractivity contribution in [1.82, 2.24) is 5.06 Å². The van der Waals surface area contributed by atoms with Gasteiger partial charge in [-0.05, 0) is 91.1 Å². The van der Waals surface area contributed by atoms with E-state index in [-0.39, 0.29) is 69.2 Å². The average Bonchev–Trinajstić information content (AvgIpc) is 3.25. The van der Waals surface area contributed by atoms with Gasteiger partial charge in [0.25, 0.3) is 5.91 Å². The number of allylic oxidation sites excluding steroid dienone is 1. The minimum atomic E-state index is -2.38. The second kappa shape index (κ2) is 28.3. The number of aliphatic hydroxyl groups is 2. The Morgan fingerprint density at radius 1 is 0.681 bits per heavy atom. The molecule has 4 N–H and O–H groups in total. The molecule has 418 valence electrons. The molecular formula is C57H108N2O10Si3. The van der Waals surface area contributed by atoms with E-state index in [1.807, 2.05) is 57.2 Å². The number of carbonyl (C=O) groups is 2. The maximum Gasteiger partial charge on any atom is 0.404 e. The SMILES string of the molecule is CON(C)C(=O)C(C)C(O[Si](C)(C)C(C)(C)C)C(C)C(O)CC(O)/C=C/[C@H](C)[C@H](O[Si](C)(C)C(C)(C)C)[C@@H](C)/C=C(/C)C[C@H](C)[C@@H](O[Si](C)(C)C(C)(C)C)[C@H](C)[C@@H](OC(N)=O)[C@@H](C)COCc1ccccc1. The summed E-state index contributed by atoms with van der Waals surface area (Å²) >= 11 is 0. The largest absolute Gasteiger partial charge is 0.446 e. The number of ether oxygens (including phenoxy) is 2. The van der Waals surface area contributed by atoms with Crippen LogP contribution in [0.1, 0.15) is 136 Å². The van der Waals surface area contributed by atoms with Crippen molar-refractivity contribution >= 4 is 37.0 Å². The highest BCUT2D eigenvalue weighted by Gasteiger charge is 2.47. The van der Waals surface area contributed by atoms with E-state index in [1.54, 1.807) is 13.1 Å². The molecule has 0 radical (unpaired) electrons. The zero-order chi connectivity index (χ0) is 56.1. The van der Waals surface area contributed by atoms with Crippen molar-refractivity contribution in [3.05, 3.63) is 59.7 Å². The Kier molecular flexibility index (Phi) is 26.6. The predicted octanol–water partition coefficient (Wildman–Crippen LogP) is 13.3. The molecule has 1 aromatic rings. The number of aliphatic hydroxyl groups excluding tert-OH is 2. The minimum absolute atomic E-state index is 0.00357. The van der Waals surface area contributed by atoms with Gasteiger partial charge < -0.3 is 38.7 Å². The Hall–Kier alpha value is -2.19. The molecule has 1 aromatic carbocycles. The summed E-state index contributed by atoms with van der Waals surface area (Å²) in [5, 5.41) is 24.2. The summed E-state index contributed by atoms with van der Waals surface area (Å²) < 4.78 is 33.6. The molecule has 0 saturated carbocycles. The maximum absolute atomic E-state index is 13.4. The molecule has 2 amide bonds. The molecule has 0 spiro atoms. The number of primary amides is 1. The van der Waals surface area contributed by atoms with Crippen molar-refractivity contribution in [2.24, 2.45) is 47.2 Å². The number of amides is 2. The van der Waals surface area contributed by atoms with Crippen molar-refractivity contribution in [3.63, 3.8) is 0 Å². The van der Waals surface area contributed by atoms with E-state index >= 15 is 0 Å². The van der Waals surface area contributed by atoms with E-state index in [1.165, 1.54) is 17.7 Å². The van der Waals surface area contributed by atoms with E-state index in [2.05, 4.69) is 142 Å². The second-order valence-corrected chi connectivity index (χ2v) is 40.4. The quantitative estimate of drug-likeness (QED) is 0.0400. The van der Waals surface area contributed by atoms with E-state index in [0.29, 0.717) is 13.2 Å². The molecule has 0 aliphatic carbocycles. The summed E-state index contributed by atoms with van der Waals surface area (Å²) in [6.07, 6.45) is 2.64. The molecule has 13 atom stereocenters. The van der Waals surface area contributed by atoms with Gasteiger partial charge in [-0.2, -0.15) is 0 Å². The highest BCUT2D eigenvalue weighted by Crippen LogP contribution is 2.43. The van der Waals surface area contributed by atoms with Gasteiger partial charge in [-0.25, -0.2) is 9.86 Å². The van der Waals surface area contributed by atoms with Crippen molar-refractivity contribution in [2.45, 2.75) is 228 Å². The summed E-state index contributed by atoms with van der Waals surface area (Å²) in [5.41, 5.74) is 8.04. The molecule has 0 saturated heterocycles. The molecule has 0 bridgehead atoms. The van der Waals surface area contributed by atoms with E-state index in [9.17, 15) is 19.8 Å². The van der Waals surface area contributed by atoms with Crippen molar-refractivity contribution in [3.8, 4) is 0 Å². The Balaban J connectivity index is 3.59. The Bertz CT molecular complexity index is 1840. The van der Waals surface area contributed by atoms with Crippen molar-refractivity contribution in [1.29, 1.82) is 0 Å². The standard InChI is InChI=1S/C57H108N2O10Si3/c1-38(34-41(4)51(68-71(22,23)56(12,13)14)44(7)50(66-54(58)63)42(5)36-65-37-46-29-27-26-28-30-46)33-40(3)49(67-70(20,21)55(9,10)11)39(2)31-32-47(60)35-48(61)43(6)52(45(8)53(62)59(18)64-19)69-72(24,25)57(15,16)17/h26-33,39-45,47-52,60-61H,34-37H2,1-25H3,(H2,58,63)/b32-31+,38-33-/t39-,40-,41-,42-,43?,44+,45?,47?,48?,49-,50-,51+,52?/m0/s1. The van der Waals surface area contributed by atoms with Crippen LogP contribution in [0, 0.1) is 41.4 Å². The lowest BCUT2D eigenvalue weighted by molar-refractivity contribution is -0.177. The van der Waals surface area contributed by atoms with Crippen LogP contribution in [-0.2, 0) is 39.0 Å². The normalized spacial score (nSPS) is 19.3. The smallest absolute Gasteiger partial charge is 0.404 e. The molecule has 0 aliphatic rings. The molecule has 5 unspecified atom stereocenters. The van der Waals surface area contributed by atoms with Crippen LogP contribution in [0.5, 0.6) is 0 Å². The molecule has 1 rings (SSSR count). The van der Waals surface area contributed by atoms with Gasteiger partial charge >= 0.3 is 6.09 Å². The first-order valence-corrected chi connectivity index (χ1v) is 35.5. The fourth-order valence-corrected chi connectivity index (χ4v) is 13.1. The third-order valence-corrected chi connectivity index (χ3v) is 30.0. The number of hydrogen-bond acceptors (Lipinski definition) is 10. The van der Waals surface area contributed by atoms with Gasteiger partial charge in [-0.15, -0.1) is 0 Å². The number of hydrogen-bond donors (Lipinski definition) is 3. The molecule has 0 heterocycles. The predicted molar refractivity (Wildman–Crippen MR) is 305 cm³/mol. The summed E-state index contributed by atoms with van der Waals surface area (Å²) in [6.45, 7) is 50.8. The highest BCUT2D eigenvalue weighted by molar-refractivity contribution is 6.75. The summed E-state index contributed by atoms with van der Waals surface area (Å²) in [6, 6.07) is 10.0. The first-order valence-electron chi connectivity index (χ1n) is 26.8. The number of nitrogens with zero attached hydrogens (tertiary/aromatic N) is 1. The lowest BCUT2D eigenvalue weighted by Crippen LogP contribution is -2.52. The van der Waals surface area contributed by atoms with Crippen LogP contribution in [-0.4, -0.2) is 110 Å². The summed E-state index contributed by atoms with van der Waals surface area (Å²) in [5.74, 6) is -1.70. The van der Waals surface area contributed by atoms with Crippen LogP contribution < -0.4 is 5.73 Å². The van der Waals surface area contributed by atoms with Gasteiger partial charge in [-0.3, -0.25) is 9.63 Å². The second-order valence-electron chi connectivity index (χ2n) is 26.1. The Labute approximate surface area is 443 Å². The van der Waals surface area contributed by atoms with Gasteiger partial charge in [0.1, 0.15) is 6.10 Å². The van der Waals surface area contributed by atoms with Crippen LogP contribution >= 0.6 is 0 Å². The zero-order valence-electron chi connectivity index (χ0n) is 50.1. The fourth-order valence-electron chi connectivity index (χ4n) is 8.67. The number of hydroxylamine groups is 2. The molecule has 12 nitrogen and oxygen atoms in total. The fraction of sp³-hybridized carbons (Fsp3) is 0.789. The number of benzene rings is 1. The molecule has 15 heteroatoms. The molecular weight excluding hydrogens is 957 g/mol. The summed E-state index contributed by atoms with van der Waals surface area (Å²) in [7, 11) is -3.96. The number of rotatable bonds is 29. The first kappa shape index (κ1) is 67.8. The van der Waals surface area contributed by atoms with Crippen molar-refractivity contribution < 1.29 is 47.4 Å². The first-order chi connectivity index (χ1) is 32.6. The molecule has 0 fully saturated rings. The van der Waals surface area contributed by atoms with Crippen molar-refractivity contribution in [2.75, 3.05) is 20.8 Å². The lowest BCUT2D eigenvalue weighted by Gasteiger charge is -2.45. The van der Waals surface area contributed by atoms with Gasteiger partial charge in [0.15, 0.2) is 25.0 Å². The third-order valence-electron chi connectivity index (χ3n) is 16.6. The highest BCUT2D eigenvalue weighted by atomic mass is 28.4. The topological polar surface area (TPSA) is 159 Å². The van der Waals surface area contributed by atoms with Gasteiger partial charge in [0, 0.05) is 31.2 Å². The third kappa shape index (κ3) is 20.7. The number of carbonyl (C=O) groups excluding carboxylic acids is 2. The van der Waals surface area contributed by atoms with Crippen LogP contribution in [0.25, 0.3) is 0 Å². The monoisotopic (exact) mass is 1060 g/mol. The van der Waals surface area contributed by atoms with Crippen LogP contribution in [0.3, 0.4) is 0 Å². The molecule has 0 aromatic heterocycles. The van der Waals surface area contributed by atoms with E-state index in [0.717, 1.165) is 12.0 Å². The van der Waals surface area contributed by atoms with Crippen LogP contribution in [0.4, 0.5) is 4.79 Å². The molecule has 72 heavy (non-hydrogen) atoms. The van der Waals surface area contributed by atoms with Gasteiger partial charge in [0.2, 0.25) is 0 Å². The average molecular weight is 1070 g/mol. The van der Waals surface area contributed by atoms with Gasteiger partial charge in [-0.1, -0.05) is 165 Å². The minimum Gasteiger partial charge on any atom is -0.446 e. The van der Waals surface area contributed by atoms with Gasteiger partial charge in [0.05, 0.1) is 56.8 Å². The number of nitrogens with two attached hydrogens (primary N) is 1. The van der Waals surface area contributed by atoms with Crippen LogP contribution in [0.15, 0.2) is 54.1 Å². The van der Waals surface area contributed by atoms with E-state index < -0.39 is 67.3 Å². The molecule has 0 aliphatic heterocycles. The lowest BCUT2D eigenvalue weighted by atomic mass is 9.81. The van der Waals surface area contributed by atoms with Crippen LogP contribution in [0.2, 0.25) is 54.4 Å².